The number of anilines is 1. The molecular weight excluding hydrogens is 382 g/mol. The van der Waals surface area contributed by atoms with Gasteiger partial charge in [0, 0.05) is 25.4 Å². The number of nitrogens with zero attached hydrogens (tertiary/aromatic N) is 2. The number of nitrogens with one attached hydrogen (secondary N) is 1. The Balaban J connectivity index is 1.67. The third kappa shape index (κ3) is 6.62. The van der Waals surface area contributed by atoms with Crippen LogP contribution in [0.2, 0.25) is 0 Å². The fourth-order valence-corrected chi connectivity index (χ4v) is 3.47. The summed E-state index contributed by atoms with van der Waals surface area (Å²) in [6, 6.07) is 12.7. The minimum atomic E-state index is -0.266. The minimum Gasteiger partial charge on any atom is -0.467 e. The summed E-state index contributed by atoms with van der Waals surface area (Å²) >= 11 is 0. The summed E-state index contributed by atoms with van der Waals surface area (Å²) in [5.41, 5.74) is 0.711. The van der Waals surface area contributed by atoms with E-state index in [1.807, 2.05) is 42.5 Å². The van der Waals surface area contributed by atoms with Crippen LogP contribution in [0.4, 0.5) is 10.5 Å². The van der Waals surface area contributed by atoms with Crippen molar-refractivity contribution in [3.63, 3.8) is 0 Å². The van der Waals surface area contributed by atoms with Crippen molar-refractivity contribution in [2.45, 2.75) is 45.3 Å². The number of amides is 3. The second kappa shape index (κ2) is 11.4. The fourth-order valence-electron chi connectivity index (χ4n) is 3.47. The van der Waals surface area contributed by atoms with Crippen LogP contribution in [0, 0.1) is 0 Å². The number of rotatable bonds is 10. The molecule has 1 aliphatic rings. The summed E-state index contributed by atoms with van der Waals surface area (Å²) in [6.45, 7) is 4.21. The van der Waals surface area contributed by atoms with Crippen molar-refractivity contribution < 1.29 is 18.7 Å². The first kappa shape index (κ1) is 21.9. The maximum atomic E-state index is 13.2. The Bertz CT molecular complexity index is 773. The molecule has 2 heterocycles. The lowest BCUT2D eigenvalue weighted by atomic mass is 10.2. The third-order valence-electron chi connectivity index (χ3n) is 5.15. The molecule has 7 heteroatoms. The molecule has 0 bridgehead atoms. The highest BCUT2D eigenvalue weighted by molar-refractivity contribution is 5.92. The lowest BCUT2D eigenvalue weighted by Gasteiger charge is -2.29. The van der Waals surface area contributed by atoms with E-state index in [1.54, 1.807) is 16.1 Å². The van der Waals surface area contributed by atoms with E-state index in [2.05, 4.69) is 12.2 Å². The number of ether oxygens (including phenoxy) is 1. The Morgan fingerprint density at radius 2 is 1.97 bits per heavy atom. The smallest absolute Gasteiger partial charge is 0.322 e. The molecule has 1 fully saturated rings. The van der Waals surface area contributed by atoms with E-state index < -0.39 is 0 Å². The third-order valence-corrected chi connectivity index (χ3v) is 5.15. The van der Waals surface area contributed by atoms with Crippen molar-refractivity contribution in [1.29, 1.82) is 0 Å². The van der Waals surface area contributed by atoms with E-state index in [0.29, 0.717) is 25.3 Å². The maximum Gasteiger partial charge on any atom is 0.322 e. The molecule has 2 aromatic rings. The summed E-state index contributed by atoms with van der Waals surface area (Å²) < 4.78 is 11.2. The second-order valence-electron chi connectivity index (χ2n) is 7.56. The average molecular weight is 414 g/mol. The van der Waals surface area contributed by atoms with Gasteiger partial charge in [0.15, 0.2) is 0 Å². The Kier molecular flexibility index (Phi) is 8.32. The number of carbonyl (C=O) groups excluding carboxylic acids is 2. The van der Waals surface area contributed by atoms with Gasteiger partial charge in [0.05, 0.1) is 18.9 Å². The molecule has 3 rings (SSSR count). The zero-order chi connectivity index (χ0) is 21.2. The molecule has 1 aromatic carbocycles. The number of hydrogen-bond donors (Lipinski definition) is 1. The fraction of sp³-hybridized carbons (Fsp3) is 0.478. The standard InChI is InChI=1S/C23H31N3O4/c1-2-3-13-25(23(28)24-19-9-5-4-6-10-19)18-22(27)26(16-20-11-7-14-29-20)17-21-12-8-15-30-21/h4-7,9-11,14,21H,2-3,8,12-13,15-18H2,1H3,(H,24,28). The molecule has 1 saturated heterocycles. The lowest BCUT2D eigenvalue weighted by molar-refractivity contribution is -0.134. The van der Waals surface area contributed by atoms with Crippen LogP contribution in [0.25, 0.3) is 0 Å². The van der Waals surface area contributed by atoms with Crippen LogP contribution >= 0.6 is 0 Å². The molecule has 1 unspecified atom stereocenters. The monoisotopic (exact) mass is 413 g/mol. The highest BCUT2D eigenvalue weighted by Crippen LogP contribution is 2.16. The molecule has 0 aliphatic carbocycles. The number of furan rings is 1. The van der Waals surface area contributed by atoms with Crippen molar-refractivity contribution in [2.75, 3.05) is 31.6 Å². The average Bonchev–Trinajstić information content (AvgIpc) is 3.45. The molecule has 162 valence electrons. The van der Waals surface area contributed by atoms with Crippen LogP contribution in [-0.2, 0) is 16.1 Å². The molecule has 1 atom stereocenters. The molecule has 0 radical (unpaired) electrons. The van der Waals surface area contributed by atoms with Crippen molar-refractivity contribution >= 4 is 17.6 Å². The Labute approximate surface area is 178 Å². The largest absolute Gasteiger partial charge is 0.467 e. The molecule has 30 heavy (non-hydrogen) atoms. The van der Waals surface area contributed by atoms with Crippen LogP contribution in [0.15, 0.2) is 53.1 Å². The summed E-state index contributed by atoms with van der Waals surface area (Å²) in [6.07, 6.45) is 5.36. The van der Waals surface area contributed by atoms with Gasteiger partial charge in [-0.3, -0.25) is 4.79 Å². The van der Waals surface area contributed by atoms with Crippen molar-refractivity contribution in [3.05, 3.63) is 54.5 Å². The van der Waals surface area contributed by atoms with Crippen LogP contribution in [0.3, 0.4) is 0 Å². The highest BCUT2D eigenvalue weighted by atomic mass is 16.5. The van der Waals surface area contributed by atoms with Gasteiger partial charge in [0.2, 0.25) is 5.91 Å². The van der Waals surface area contributed by atoms with Crippen LogP contribution in [0.5, 0.6) is 0 Å². The minimum absolute atomic E-state index is 0.0199. The molecule has 1 aliphatic heterocycles. The summed E-state index contributed by atoms with van der Waals surface area (Å²) in [5, 5.41) is 2.89. The Hall–Kier alpha value is -2.80. The quantitative estimate of drug-likeness (QED) is 0.636. The summed E-state index contributed by atoms with van der Waals surface area (Å²) in [4.78, 5) is 29.4. The number of hydrogen-bond acceptors (Lipinski definition) is 4. The predicted molar refractivity (Wildman–Crippen MR) is 115 cm³/mol. The van der Waals surface area contributed by atoms with Gasteiger partial charge in [-0.05, 0) is 43.5 Å². The van der Waals surface area contributed by atoms with E-state index in [1.165, 1.54) is 0 Å². The summed E-state index contributed by atoms with van der Waals surface area (Å²) in [5.74, 6) is 0.608. The van der Waals surface area contributed by atoms with Gasteiger partial charge in [0.1, 0.15) is 12.3 Å². The van der Waals surface area contributed by atoms with Gasteiger partial charge in [0.25, 0.3) is 0 Å². The number of carbonyl (C=O) groups is 2. The number of benzene rings is 1. The molecule has 1 aromatic heterocycles. The zero-order valence-electron chi connectivity index (χ0n) is 17.6. The van der Waals surface area contributed by atoms with Crippen LogP contribution in [0.1, 0.15) is 38.4 Å². The lowest BCUT2D eigenvalue weighted by Crippen LogP contribution is -2.46. The maximum absolute atomic E-state index is 13.2. The first-order valence-corrected chi connectivity index (χ1v) is 10.7. The summed E-state index contributed by atoms with van der Waals surface area (Å²) in [7, 11) is 0. The van der Waals surface area contributed by atoms with Crippen LogP contribution < -0.4 is 5.32 Å². The SMILES string of the molecule is CCCCN(CC(=O)N(Cc1ccco1)CC1CCCO1)C(=O)Nc1ccccc1. The second-order valence-corrected chi connectivity index (χ2v) is 7.56. The molecular formula is C23H31N3O4. The molecule has 0 saturated carbocycles. The number of para-hydroxylation sites is 1. The van der Waals surface area contributed by atoms with Gasteiger partial charge in [-0.25, -0.2) is 4.79 Å². The van der Waals surface area contributed by atoms with E-state index in [4.69, 9.17) is 9.15 Å². The van der Waals surface area contributed by atoms with Gasteiger partial charge in [-0.2, -0.15) is 0 Å². The first-order valence-electron chi connectivity index (χ1n) is 10.7. The van der Waals surface area contributed by atoms with Gasteiger partial charge in [-0.15, -0.1) is 0 Å². The zero-order valence-corrected chi connectivity index (χ0v) is 17.6. The van der Waals surface area contributed by atoms with Crippen molar-refractivity contribution in [2.24, 2.45) is 0 Å². The highest BCUT2D eigenvalue weighted by Gasteiger charge is 2.26. The first-order chi connectivity index (χ1) is 14.7. The molecule has 7 nitrogen and oxygen atoms in total. The van der Waals surface area contributed by atoms with E-state index >= 15 is 0 Å². The van der Waals surface area contributed by atoms with E-state index in [-0.39, 0.29) is 24.6 Å². The number of unbranched alkanes of at least 4 members (excludes halogenated alkanes) is 1. The molecule has 1 N–H and O–H groups in total. The van der Waals surface area contributed by atoms with Gasteiger partial charge < -0.3 is 24.3 Å². The van der Waals surface area contributed by atoms with Crippen molar-refractivity contribution in [3.8, 4) is 0 Å². The van der Waals surface area contributed by atoms with Crippen molar-refractivity contribution in [1.82, 2.24) is 9.80 Å². The van der Waals surface area contributed by atoms with Gasteiger partial charge in [-0.1, -0.05) is 31.5 Å². The Morgan fingerprint density at radius 3 is 2.63 bits per heavy atom. The topological polar surface area (TPSA) is 75.0 Å². The van der Waals surface area contributed by atoms with Crippen LogP contribution in [-0.4, -0.2) is 54.1 Å². The normalized spacial score (nSPS) is 15.7. The van der Waals surface area contributed by atoms with E-state index in [9.17, 15) is 9.59 Å². The molecule has 3 amide bonds. The Morgan fingerprint density at radius 1 is 1.13 bits per heavy atom. The van der Waals surface area contributed by atoms with E-state index in [0.717, 1.165) is 38.1 Å². The molecule has 0 spiro atoms. The van der Waals surface area contributed by atoms with Gasteiger partial charge >= 0.3 is 6.03 Å². The number of urea groups is 1. The predicted octanol–water partition coefficient (Wildman–Crippen LogP) is 4.12.